The molecule has 0 radical (unpaired) electrons. The van der Waals surface area contributed by atoms with E-state index < -0.39 is 0 Å². The highest BCUT2D eigenvalue weighted by molar-refractivity contribution is 5.82. The van der Waals surface area contributed by atoms with Gasteiger partial charge in [0.15, 0.2) is 0 Å². The van der Waals surface area contributed by atoms with Crippen molar-refractivity contribution in [3.05, 3.63) is 30.1 Å². The summed E-state index contributed by atoms with van der Waals surface area (Å²) in [6.45, 7) is 6.50. The zero-order valence-electron chi connectivity index (χ0n) is 11.5. The third kappa shape index (κ3) is 3.75. The Morgan fingerprint density at radius 1 is 1.63 bits per heavy atom. The third-order valence-electron chi connectivity index (χ3n) is 3.20. The lowest BCUT2D eigenvalue weighted by atomic mass is 10.1. The number of morpholine rings is 1. The standard InChI is InChI=1S/C14H21N3O2/c1-11(2)17(9-12-4-3-5-15-8-12)14(18)13-10-19-7-6-16-13/h3-5,8,11,13,16H,6-7,9-10H2,1-2H3. The smallest absolute Gasteiger partial charge is 0.242 e. The van der Waals surface area contributed by atoms with E-state index in [9.17, 15) is 4.79 Å². The zero-order valence-corrected chi connectivity index (χ0v) is 11.5. The van der Waals surface area contributed by atoms with Crippen LogP contribution in [0.5, 0.6) is 0 Å². The number of pyridine rings is 1. The fraction of sp³-hybridized carbons (Fsp3) is 0.571. The van der Waals surface area contributed by atoms with E-state index in [4.69, 9.17) is 4.74 Å². The molecule has 1 aromatic heterocycles. The van der Waals surface area contributed by atoms with E-state index in [0.29, 0.717) is 19.8 Å². The van der Waals surface area contributed by atoms with Gasteiger partial charge in [0.25, 0.3) is 0 Å². The van der Waals surface area contributed by atoms with Crippen molar-refractivity contribution in [3.63, 3.8) is 0 Å². The van der Waals surface area contributed by atoms with E-state index in [1.807, 2.05) is 30.9 Å². The normalized spacial score (nSPS) is 19.4. The molecule has 5 heteroatoms. The van der Waals surface area contributed by atoms with Crippen molar-refractivity contribution >= 4 is 5.91 Å². The predicted molar refractivity (Wildman–Crippen MR) is 72.5 cm³/mol. The van der Waals surface area contributed by atoms with Crippen LogP contribution in [0.4, 0.5) is 0 Å². The lowest BCUT2D eigenvalue weighted by Gasteiger charge is -2.32. The summed E-state index contributed by atoms with van der Waals surface area (Å²) < 4.78 is 5.36. The van der Waals surface area contributed by atoms with E-state index in [1.165, 1.54) is 0 Å². The highest BCUT2D eigenvalue weighted by atomic mass is 16.5. The number of aromatic nitrogens is 1. The zero-order chi connectivity index (χ0) is 13.7. The first kappa shape index (κ1) is 14.0. The van der Waals surface area contributed by atoms with Crippen molar-refractivity contribution in [2.75, 3.05) is 19.8 Å². The fourth-order valence-electron chi connectivity index (χ4n) is 2.13. The molecule has 0 saturated carbocycles. The largest absolute Gasteiger partial charge is 0.378 e. The summed E-state index contributed by atoms with van der Waals surface area (Å²) in [4.78, 5) is 18.5. The third-order valence-corrected chi connectivity index (χ3v) is 3.20. The molecule has 0 aromatic carbocycles. The summed E-state index contributed by atoms with van der Waals surface area (Å²) >= 11 is 0. The number of nitrogens with zero attached hydrogens (tertiary/aromatic N) is 2. The highest BCUT2D eigenvalue weighted by Crippen LogP contribution is 2.10. The van der Waals surface area contributed by atoms with E-state index in [2.05, 4.69) is 10.3 Å². The number of carbonyl (C=O) groups excluding carboxylic acids is 1. The van der Waals surface area contributed by atoms with Crippen LogP contribution in [0.15, 0.2) is 24.5 Å². The van der Waals surface area contributed by atoms with Crippen molar-refractivity contribution < 1.29 is 9.53 Å². The van der Waals surface area contributed by atoms with Gasteiger partial charge in [-0.15, -0.1) is 0 Å². The summed E-state index contributed by atoms with van der Waals surface area (Å²) in [5.74, 6) is 0.0959. The Balaban J connectivity index is 2.04. The molecule has 19 heavy (non-hydrogen) atoms. The molecule has 1 saturated heterocycles. The molecule has 1 aliphatic heterocycles. The van der Waals surface area contributed by atoms with Gasteiger partial charge >= 0.3 is 0 Å². The fourth-order valence-corrected chi connectivity index (χ4v) is 2.13. The second kappa shape index (κ2) is 6.63. The van der Waals surface area contributed by atoms with E-state index in [-0.39, 0.29) is 18.0 Å². The molecule has 104 valence electrons. The van der Waals surface area contributed by atoms with E-state index >= 15 is 0 Å². The van der Waals surface area contributed by atoms with Gasteiger partial charge in [-0.2, -0.15) is 0 Å². The molecular formula is C14H21N3O2. The Morgan fingerprint density at radius 2 is 2.47 bits per heavy atom. The first-order valence-electron chi connectivity index (χ1n) is 6.69. The van der Waals surface area contributed by atoms with Crippen molar-refractivity contribution in [2.45, 2.75) is 32.5 Å². The minimum atomic E-state index is -0.229. The van der Waals surface area contributed by atoms with Gasteiger partial charge < -0.3 is 15.0 Å². The average molecular weight is 263 g/mol. The molecule has 1 fully saturated rings. The van der Waals surface area contributed by atoms with Gasteiger partial charge in [-0.25, -0.2) is 0 Å². The Labute approximate surface area is 114 Å². The second-order valence-corrected chi connectivity index (χ2v) is 5.00. The van der Waals surface area contributed by atoms with Crippen LogP contribution in [-0.4, -0.2) is 47.6 Å². The average Bonchev–Trinajstić information content (AvgIpc) is 2.46. The van der Waals surface area contributed by atoms with Gasteiger partial charge in [0.05, 0.1) is 13.2 Å². The topological polar surface area (TPSA) is 54.5 Å². The maximum Gasteiger partial charge on any atom is 0.242 e. The monoisotopic (exact) mass is 263 g/mol. The van der Waals surface area contributed by atoms with Crippen molar-refractivity contribution in [1.29, 1.82) is 0 Å². The van der Waals surface area contributed by atoms with Crippen LogP contribution in [0.2, 0.25) is 0 Å². The van der Waals surface area contributed by atoms with Crippen molar-refractivity contribution in [1.82, 2.24) is 15.2 Å². The molecule has 1 aliphatic rings. The van der Waals surface area contributed by atoms with Gasteiger partial charge in [0.2, 0.25) is 5.91 Å². The van der Waals surface area contributed by atoms with Gasteiger partial charge in [-0.1, -0.05) is 6.07 Å². The number of hydrogen-bond acceptors (Lipinski definition) is 4. The summed E-state index contributed by atoms with van der Waals surface area (Å²) in [6.07, 6.45) is 3.54. The highest BCUT2D eigenvalue weighted by Gasteiger charge is 2.27. The number of amides is 1. The Morgan fingerprint density at radius 3 is 3.05 bits per heavy atom. The van der Waals surface area contributed by atoms with Crippen LogP contribution in [0.1, 0.15) is 19.4 Å². The van der Waals surface area contributed by atoms with Crippen molar-refractivity contribution in [3.8, 4) is 0 Å². The number of carbonyl (C=O) groups is 1. The molecule has 0 spiro atoms. The summed E-state index contributed by atoms with van der Waals surface area (Å²) in [6, 6.07) is 3.80. The number of nitrogens with one attached hydrogen (secondary N) is 1. The maximum absolute atomic E-state index is 12.5. The van der Waals surface area contributed by atoms with Gasteiger partial charge in [-0.3, -0.25) is 9.78 Å². The Bertz CT molecular complexity index is 402. The van der Waals surface area contributed by atoms with Crippen LogP contribution in [-0.2, 0) is 16.1 Å². The van der Waals surface area contributed by atoms with Gasteiger partial charge in [0, 0.05) is 31.5 Å². The minimum absolute atomic E-state index is 0.0959. The molecular weight excluding hydrogens is 242 g/mol. The molecule has 0 aliphatic carbocycles. The van der Waals surface area contributed by atoms with Gasteiger partial charge in [0.1, 0.15) is 6.04 Å². The van der Waals surface area contributed by atoms with Crippen LogP contribution in [0, 0.1) is 0 Å². The Hall–Kier alpha value is -1.46. The molecule has 1 atom stereocenters. The molecule has 1 amide bonds. The molecule has 1 N–H and O–H groups in total. The van der Waals surface area contributed by atoms with E-state index in [0.717, 1.165) is 12.1 Å². The van der Waals surface area contributed by atoms with Crippen LogP contribution >= 0.6 is 0 Å². The minimum Gasteiger partial charge on any atom is -0.378 e. The number of ether oxygens (including phenoxy) is 1. The SMILES string of the molecule is CC(C)N(Cc1cccnc1)C(=O)C1COCCN1. The maximum atomic E-state index is 12.5. The summed E-state index contributed by atoms with van der Waals surface area (Å²) in [7, 11) is 0. The number of rotatable bonds is 4. The molecule has 5 nitrogen and oxygen atoms in total. The first-order valence-corrected chi connectivity index (χ1v) is 6.69. The predicted octanol–water partition coefficient (Wildman–Crippen LogP) is 0.807. The summed E-state index contributed by atoms with van der Waals surface area (Å²) in [5, 5.41) is 3.21. The lowest BCUT2D eigenvalue weighted by Crippen LogP contribution is -2.53. The quantitative estimate of drug-likeness (QED) is 0.873. The molecule has 2 heterocycles. The lowest BCUT2D eigenvalue weighted by molar-refractivity contribution is -0.138. The molecule has 0 bridgehead atoms. The van der Waals surface area contributed by atoms with Crippen LogP contribution in [0.25, 0.3) is 0 Å². The van der Waals surface area contributed by atoms with Crippen LogP contribution in [0.3, 0.4) is 0 Å². The second-order valence-electron chi connectivity index (χ2n) is 5.00. The van der Waals surface area contributed by atoms with E-state index in [1.54, 1.807) is 12.4 Å². The summed E-state index contributed by atoms with van der Waals surface area (Å²) in [5.41, 5.74) is 1.04. The van der Waals surface area contributed by atoms with Crippen LogP contribution < -0.4 is 5.32 Å². The van der Waals surface area contributed by atoms with Crippen molar-refractivity contribution in [2.24, 2.45) is 0 Å². The molecule has 2 rings (SSSR count). The molecule has 1 unspecified atom stereocenters. The van der Waals surface area contributed by atoms with Gasteiger partial charge in [-0.05, 0) is 25.5 Å². The molecule has 1 aromatic rings. The Kier molecular flexibility index (Phi) is 4.87. The number of hydrogen-bond donors (Lipinski definition) is 1. The first-order chi connectivity index (χ1) is 9.18.